The van der Waals surface area contributed by atoms with Gasteiger partial charge in [-0.05, 0) is 23.6 Å². The Morgan fingerprint density at radius 3 is 1.85 bits per heavy atom. The van der Waals surface area contributed by atoms with Crippen LogP contribution in [0.25, 0.3) is 0 Å². The van der Waals surface area contributed by atoms with Crippen LogP contribution in [-0.4, -0.2) is 30.4 Å². The Labute approximate surface area is 200 Å². The highest BCUT2D eigenvalue weighted by Crippen LogP contribution is 2.40. The molecule has 0 unspecified atom stereocenters. The first-order chi connectivity index (χ1) is 16.8. The Morgan fingerprint density at radius 2 is 1.35 bits per heavy atom. The van der Waals surface area contributed by atoms with Crippen molar-refractivity contribution in [3.63, 3.8) is 0 Å². The fourth-order valence-corrected chi connectivity index (χ4v) is 4.57. The van der Waals surface area contributed by atoms with Gasteiger partial charge in [0.25, 0.3) is 0 Å². The number of hydrogen-bond acceptors (Lipinski definition) is 4. The summed E-state index contributed by atoms with van der Waals surface area (Å²) in [5.74, 6) is 0. The van der Waals surface area contributed by atoms with Gasteiger partial charge < -0.3 is 9.88 Å². The van der Waals surface area contributed by atoms with Gasteiger partial charge in [-0.25, -0.2) is 9.97 Å². The highest BCUT2D eigenvalue weighted by Gasteiger charge is 2.38. The van der Waals surface area contributed by atoms with E-state index in [2.05, 4.69) is 124 Å². The molecule has 0 radical (unpaired) electrons. The maximum absolute atomic E-state index is 4.79. The number of rotatable bonds is 9. The summed E-state index contributed by atoms with van der Waals surface area (Å²) < 4.78 is 4.08. The summed E-state index contributed by atoms with van der Waals surface area (Å²) in [5, 5.41) is 7.75. The highest BCUT2D eigenvalue weighted by molar-refractivity contribution is 5.50. The van der Waals surface area contributed by atoms with Crippen LogP contribution in [0.15, 0.2) is 116 Å². The summed E-state index contributed by atoms with van der Waals surface area (Å²) >= 11 is 0. The Balaban J connectivity index is 1.53. The SMILES string of the molecule is C[C@H](Cn1cncn1)NCc1cn(C(c2ccccc2)(c2ccccc2)c2ccccc2)cn1. The molecule has 0 aliphatic rings. The standard InChI is InChI=1S/C28H28N6/c1-23(18-34-21-29-20-32-34)30-17-27-19-33(22-31-27)28(24-11-5-2-6-12-24,25-13-7-3-8-14-25)26-15-9-4-10-16-26/h2-16,19-23,30H,17-18H2,1H3/t23-/m1/s1. The zero-order valence-corrected chi connectivity index (χ0v) is 19.2. The molecule has 3 aromatic carbocycles. The van der Waals surface area contributed by atoms with E-state index >= 15 is 0 Å². The van der Waals surface area contributed by atoms with Crippen LogP contribution in [0.1, 0.15) is 29.3 Å². The van der Waals surface area contributed by atoms with Crippen LogP contribution in [0.5, 0.6) is 0 Å². The highest BCUT2D eigenvalue weighted by atomic mass is 15.3. The maximum Gasteiger partial charge on any atom is 0.137 e. The predicted octanol–water partition coefficient (Wildman–Crippen LogP) is 4.49. The molecule has 1 N–H and O–H groups in total. The first-order valence-electron chi connectivity index (χ1n) is 11.5. The van der Waals surface area contributed by atoms with Crippen LogP contribution in [0.4, 0.5) is 0 Å². The molecule has 2 aromatic heterocycles. The lowest BCUT2D eigenvalue weighted by molar-refractivity contribution is 0.447. The fourth-order valence-electron chi connectivity index (χ4n) is 4.57. The lowest BCUT2D eigenvalue weighted by Crippen LogP contribution is -2.37. The lowest BCUT2D eigenvalue weighted by atomic mass is 9.77. The van der Waals surface area contributed by atoms with Crippen molar-refractivity contribution in [2.45, 2.75) is 31.6 Å². The number of hydrogen-bond donors (Lipinski definition) is 1. The van der Waals surface area contributed by atoms with Crippen molar-refractivity contribution in [3.8, 4) is 0 Å². The van der Waals surface area contributed by atoms with Crippen LogP contribution in [0, 0.1) is 0 Å². The van der Waals surface area contributed by atoms with Crippen molar-refractivity contribution in [3.05, 3.63) is 139 Å². The van der Waals surface area contributed by atoms with Crippen molar-refractivity contribution >= 4 is 0 Å². The third kappa shape index (κ3) is 4.28. The number of benzene rings is 3. The van der Waals surface area contributed by atoms with E-state index in [1.807, 2.05) is 11.0 Å². The summed E-state index contributed by atoms with van der Waals surface area (Å²) in [6, 6.07) is 32.2. The zero-order valence-electron chi connectivity index (χ0n) is 19.2. The molecule has 0 bridgehead atoms. The third-order valence-corrected chi connectivity index (χ3v) is 6.16. The fraction of sp³-hybridized carbons (Fsp3) is 0.179. The van der Waals surface area contributed by atoms with Gasteiger partial charge in [0.1, 0.15) is 18.2 Å². The summed E-state index contributed by atoms with van der Waals surface area (Å²) in [7, 11) is 0. The van der Waals surface area contributed by atoms with E-state index in [1.54, 1.807) is 12.7 Å². The molecule has 6 heteroatoms. The Hall–Kier alpha value is -4.03. The predicted molar refractivity (Wildman–Crippen MR) is 133 cm³/mol. The molecular formula is C28H28N6. The average Bonchev–Trinajstić information content (AvgIpc) is 3.58. The summed E-state index contributed by atoms with van der Waals surface area (Å²) in [4.78, 5) is 8.81. The van der Waals surface area contributed by atoms with E-state index in [0.717, 1.165) is 12.2 Å². The second-order valence-corrected chi connectivity index (χ2v) is 8.48. The molecular weight excluding hydrogens is 420 g/mol. The van der Waals surface area contributed by atoms with Gasteiger partial charge in [-0.2, -0.15) is 5.10 Å². The molecule has 0 aliphatic carbocycles. The molecule has 0 spiro atoms. The van der Waals surface area contributed by atoms with Crippen molar-refractivity contribution in [1.29, 1.82) is 0 Å². The van der Waals surface area contributed by atoms with Crippen LogP contribution >= 0.6 is 0 Å². The summed E-state index contributed by atoms with van der Waals surface area (Å²) in [6.45, 7) is 3.56. The van der Waals surface area contributed by atoms with Crippen molar-refractivity contribution in [1.82, 2.24) is 29.6 Å². The first kappa shape index (κ1) is 21.8. The minimum Gasteiger partial charge on any atom is -0.319 e. The van der Waals surface area contributed by atoms with E-state index in [9.17, 15) is 0 Å². The quantitative estimate of drug-likeness (QED) is 0.338. The van der Waals surface area contributed by atoms with Crippen LogP contribution in [0.2, 0.25) is 0 Å². The molecule has 2 heterocycles. The molecule has 170 valence electrons. The number of imidazole rings is 1. The molecule has 0 saturated heterocycles. The maximum atomic E-state index is 4.79. The van der Waals surface area contributed by atoms with Crippen LogP contribution in [0.3, 0.4) is 0 Å². The van der Waals surface area contributed by atoms with E-state index < -0.39 is 5.54 Å². The molecule has 5 aromatic rings. The van der Waals surface area contributed by atoms with Crippen LogP contribution in [-0.2, 0) is 18.6 Å². The summed E-state index contributed by atoms with van der Waals surface area (Å²) in [5.41, 5.74) is 4.00. The first-order valence-corrected chi connectivity index (χ1v) is 11.5. The molecule has 0 amide bonds. The van der Waals surface area contributed by atoms with Gasteiger partial charge in [0.15, 0.2) is 0 Å². The second-order valence-electron chi connectivity index (χ2n) is 8.48. The minimum absolute atomic E-state index is 0.231. The molecule has 6 nitrogen and oxygen atoms in total. The molecule has 0 fully saturated rings. The van der Waals surface area contributed by atoms with E-state index in [4.69, 9.17) is 4.98 Å². The van der Waals surface area contributed by atoms with Crippen molar-refractivity contribution < 1.29 is 0 Å². The largest absolute Gasteiger partial charge is 0.319 e. The topological polar surface area (TPSA) is 60.6 Å². The van der Waals surface area contributed by atoms with E-state index in [-0.39, 0.29) is 6.04 Å². The monoisotopic (exact) mass is 448 g/mol. The summed E-state index contributed by atoms with van der Waals surface area (Å²) in [6.07, 6.45) is 7.40. The van der Waals surface area contributed by atoms with E-state index in [0.29, 0.717) is 6.54 Å². The van der Waals surface area contributed by atoms with Gasteiger partial charge in [-0.1, -0.05) is 91.0 Å². The van der Waals surface area contributed by atoms with Gasteiger partial charge in [-0.15, -0.1) is 0 Å². The Morgan fingerprint density at radius 1 is 0.794 bits per heavy atom. The molecule has 34 heavy (non-hydrogen) atoms. The lowest BCUT2D eigenvalue weighted by Gasteiger charge is -2.37. The zero-order chi connectivity index (χ0) is 23.2. The molecule has 5 rings (SSSR count). The van der Waals surface area contributed by atoms with Gasteiger partial charge in [0, 0.05) is 18.8 Å². The van der Waals surface area contributed by atoms with Gasteiger partial charge in [0.2, 0.25) is 0 Å². The smallest absolute Gasteiger partial charge is 0.137 e. The van der Waals surface area contributed by atoms with Crippen molar-refractivity contribution in [2.75, 3.05) is 0 Å². The second kappa shape index (κ2) is 9.85. The minimum atomic E-state index is -0.540. The van der Waals surface area contributed by atoms with Crippen LogP contribution < -0.4 is 5.32 Å². The number of nitrogens with zero attached hydrogens (tertiary/aromatic N) is 5. The Kier molecular flexibility index (Phi) is 6.31. The number of nitrogens with one attached hydrogen (secondary N) is 1. The third-order valence-electron chi connectivity index (χ3n) is 6.16. The van der Waals surface area contributed by atoms with E-state index in [1.165, 1.54) is 16.7 Å². The van der Waals surface area contributed by atoms with Gasteiger partial charge in [-0.3, -0.25) is 4.68 Å². The number of aromatic nitrogens is 5. The van der Waals surface area contributed by atoms with Gasteiger partial charge in [0.05, 0.1) is 18.6 Å². The average molecular weight is 449 g/mol. The molecule has 0 saturated carbocycles. The van der Waals surface area contributed by atoms with Crippen molar-refractivity contribution in [2.24, 2.45) is 0 Å². The Bertz CT molecular complexity index is 1180. The molecule has 1 atom stereocenters. The normalized spacial score (nSPS) is 12.5. The molecule has 0 aliphatic heterocycles. The van der Waals surface area contributed by atoms with Gasteiger partial charge >= 0.3 is 0 Å².